The molecule has 0 spiro atoms. The van der Waals surface area contributed by atoms with Crippen molar-refractivity contribution in [3.8, 4) is 0 Å². The van der Waals surface area contributed by atoms with Gasteiger partial charge in [0.15, 0.2) is 0 Å². The van der Waals surface area contributed by atoms with Crippen LogP contribution in [0.1, 0.15) is 11.6 Å². The van der Waals surface area contributed by atoms with Crippen molar-refractivity contribution in [2.24, 2.45) is 4.99 Å². The maximum Gasteiger partial charge on any atom is 0.235 e. The van der Waals surface area contributed by atoms with Gasteiger partial charge in [-0.15, -0.1) is 0 Å². The van der Waals surface area contributed by atoms with E-state index in [1.54, 1.807) is 0 Å². The summed E-state index contributed by atoms with van der Waals surface area (Å²) in [5.41, 5.74) is 0.927. The maximum absolute atomic E-state index is 9.86. The van der Waals surface area contributed by atoms with Gasteiger partial charge in [-0.25, -0.2) is 4.79 Å². The van der Waals surface area contributed by atoms with E-state index in [-0.39, 0.29) is 6.04 Å². The zero-order valence-electron chi connectivity index (χ0n) is 6.03. The molecule has 0 saturated carbocycles. The van der Waals surface area contributed by atoms with Crippen molar-refractivity contribution in [2.75, 3.05) is 0 Å². The first-order valence-corrected chi connectivity index (χ1v) is 3.29. The Morgan fingerprint density at radius 3 is 2.55 bits per heavy atom. The third-order valence-electron chi connectivity index (χ3n) is 1.39. The summed E-state index contributed by atoms with van der Waals surface area (Å²) in [5, 5.41) is 0. The molecule has 1 aromatic carbocycles. The van der Waals surface area contributed by atoms with E-state index in [4.69, 9.17) is 0 Å². The first-order valence-electron chi connectivity index (χ1n) is 3.29. The van der Waals surface area contributed by atoms with Crippen LogP contribution in [0.25, 0.3) is 0 Å². The van der Waals surface area contributed by atoms with Gasteiger partial charge in [-0.3, -0.25) is 0 Å². The van der Waals surface area contributed by atoms with E-state index in [0.717, 1.165) is 5.56 Å². The lowest BCUT2D eigenvalue weighted by atomic mass is 10.1. The first kappa shape index (κ1) is 7.70. The Morgan fingerprint density at radius 2 is 2.00 bits per heavy atom. The van der Waals surface area contributed by atoms with Crippen LogP contribution in [0, 0.1) is 6.92 Å². The number of carbonyl (C=O) groups excluding carboxylic acids is 1. The molecule has 1 atom stereocenters. The van der Waals surface area contributed by atoms with Crippen molar-refractivity contribution >= 4 is 6.08 Å². The molecule has 0 aliphatic carbocycles. The quantitative estimate of drug-likeness (QED) is 0.462. The van der Waals surface area contributed by atoms with Crippen LogP contribution in [0.2, 0.25) is 0 Å². The lowest BCUT2D eigenvalue weighted by Gasteiger charge is -2.01. The topological polar surface area (TPSA) is 29.4 Å². The summed E-state index contributed by atoms with van der Waals surface area (Å²) >= 11 is 0. The van der Waals surface area contributed by atoms with Crippen LogP contribution in [-0.4, -0.2) is 6.08 Å². The van der Waals surface area contributed by atoms with Gasteiger partial charge < -0.3 is 0 Å². The number of hydrogen-bond donors (Lipinski definition) is 0. The molecule has 0 bridgehead atoms. The minimum atomic E-state index is -0.325. The van der Waals surface area contributed by atoms with E-state index in [2.05, 4.69) is 11.9 Å². The number of benzene rings is 1. The van der Waals surface area contributed by atoms with Crippen LogP contribution in [-0.2, 0) is 4.79 Å². The fourth-order valence-electron chi connectivity index (χ4n) is 0.813. The van der Waals surface area contributed by atoms with Crippen LogP contribution in [0.5, 0.6) is 0 Å². The zero-order chi connectivity index (χ0) is 8.10. The third-order valence-corrected chi connectivity index (χ3v) is 1.39. The highest BCUT2D eigenvalue weighted by molar-refractivity contribution is 5.35. The highest BCUT2D eigenvalue weighted by Crippen LogP contribution is 2.13. The summed E-state index contributed by atoms with van der Waals surface area (Å²) in [4.78, 5) is 13.3. The summed E-state index contributed by atoms with van der Waals surface area (Å²) in [7, 11) is 0. The van der Waals surface area contributed by atoms with Gasteiger partial charge in [-0.1, -0.05) is 30.3 Å². The van der Waals surface area contributed by atoms with Gasteiger partial charge in [0.05, 0.1) is 6.04 Å². The molecule has 0 aliphatic rings. The molecule has 55 valence electrons. The summed E-state index contributed by atoms with van der Waals surface area (Å²) in [6.07, 6.45) is 1.48. The summed E-state index contributed by atoms with van der Waals surface area (Å²) in [5.74, 6) is 0. The second-order valence-corrected chi connectivity index (χ2v) is 2.15. The first-order chi connectivity index (χ1) is 5.34. The molecule has 0 fully saturated rings. The highest BCUT2D eigenvalue weighted by Gasteiger charge is 1.99. The molecule has 0 heterocycles. The van der Waals surface area contributed by atoms with E-state index < -0.39 is 0 Å². The van der Waals surface area contributed by atoms with E-state index in [0.29, 0.717) is 0 Å². The van der Waals surface area contributed by atoms with Gasteiger partial charge in [-0.2, -0.15) is 4.99 Å². The van der Waals surface area contributed by atoms with Crippen molar-refractivity contribution in [1.29, 1.82) is 0 Å². The molecule has 1 radical (unpaired) electrons. The van der Waals surface area contributed by atoms with Crippen molar-refractivity contribution in [3.63, 3.8) is 0 Å². The molecule has 0 aliphatic heterocycles. The number of hydrogen-bond acceptors (Lipinski definition) is 2. The van der Waals surface area contributed by atoms with E-state index in [9.17, 15) is 4.79 Å². The Bertz CT molecular complexity index is 262. The van der Waals surface area contributed by atoms with Crippen LogP contribution < -0.4 is 0 Å². The molecule has 0 amide bonds. The van der Waals surface area contributed by atoms with Crippen molar-refractivity contribution in [3.05, 3.63) is 42.8 Å². The monoisotopic (exact) mass is 146 g/mol. The third kappa shape index (κ3) is 2.03. The lowest BCUT2D eigenvalue weighted by molar-refractivity contribution is 0.561. The Morgan fingerprint density at radius 1 is 1.36 bits per heavy atom. The fraction of sp³-hybridized carbons (Fsp3) is 0.111. The minimum absolute atomic E-state index is 0.325. The SMILES string of the molecule is [CH2]C(N=C=O)c1ccccc1. The average molecular weight is 146 g/mol. The van der Waals surface area contributed by atoms with Crippen molar-refractivity contribution in [1.82, 2.24) is 0 Å². The molecule has 2 nitrogen and oxygen atoms in total. The molecule has 2 heteroatoms. The Hall–Kier alpha value is -1.40. The van der Waals surface area contributed by atoms with E-state index in [1.807, 2.05) is 30.3 Å². The summed E-state index contributed by atoms with van der Waals surface area (Å²) in [6, 6.07) is 9.09. The van der Waals surface area contributed by atoms with Gasteiger partial charge in [0.1, 0.15) is 0 Å². The minimum Gasteiger partial charge on any atom is -0.211 e. The van der Waals surface area contributed by atoms with E-state index >= 15 is 0 Å². The summed E-state index contributed by atoms with van der Waals surface area (Å²) < 4.78 is 0. The second kappa shape index (κ2) is 3.69. The highest BCUT2D eigenvalue weighted by atomic mass is 16.1. The lowest BCUT2D eigenvalue weighted by Crippen LogP contribution is -1.87. The molecule has 1 unspecified atom stereocenters. The Kier molecular flexibility index (Phi) is 2.59. The predicted octanol–water partition coefficient (Wildman–Crippen LogP) is 1.90. The molecule has 11 heavy (non-hydrogen) atoms. The average Bonchev–Trinajstić information content (AvgIpc) is 2.07. The summed E-state index contributed by atoms with van der Waals surface area (Å²) in [6.45, 7) is 3.67. The fourth-order valence-corrected chi connectivity index (χ4v) is 0.813. The van der Waals surface area contributed by atoms with Crippen molar-refractivity contribution in [2.45, 2.75) is 6.04 Å². The van der Waals surface area contributed by atoms with Crippen molar-refractivity contribution < 1.29 is 4.79 Å². The number of isocyanates is 1. The number of aliphatic imine (C=N–C) groups is 1. The normalized spacial score (nSPS) is 11.7. The standard InChI is InChI=1S/C9H8NO/c1-8(10-7-11)9-5-3-2-4-6-9/h2-6,8H,1H2. The van der Waals surface area contributed by atoms with Gasteiger partial charge in [0.25, 0.3) is 0 Å². The molecular formula is C9H8NO. The van der Waals surface area contributed by atoms with Crippen LogP contribution >= 0.6 is 0 Å². The van der Waals surface area contributed by atoms with Crippen LogP contribution in [0.15, 0.2) is 35.3 Å². The molecule has 1 aromatic rings. The smallest absolute Gasteiger partial charge is 0.211 e. The largest absolute Gasteiger partial charge is 0.235 e. The van der Waals surface area contributed by atoms with Gasteiger partial charge in [-0.05, 0) is 12.5 Å². The van der Waals surface area contributed by atoms with Crippen LogP contribution in [0.4, 0.5) is 0 Å². The van der Waals surface area contributed by atoms with E-state index in [1.165, 1.54) is 6.08 Å². The Balaban J connectivity index is 2.84. The van der Waals surface area contributed by atoms with Gasteiger partial charge >= 0.3 is 0 Å². The molecule has 0 aromatic heterocycles. The predicted molar refractivity (Wildman–Crippen MR) is 42.7 cm³/mol. The molecule has 0 saturated heterocycles. The van der Waals surface area contributed by atoms with Crippen LogP contribution in [0.3, 0.4) is 0 Å². The molecule has 0 N–H and O–H groups in total. The maximum atomic E-state index is 9.86. The van der Waals surface area contributed by atoms with Gasteiger partial charge in [0, 0.05) is 0 Å². The number of nitrogens with zero attached hydrogens (tertiary/aromatic N) is 1. The molecular weight excluding hydrogens is 138 g/mol. The zero-order valence-corrected chi connectivity index (χ0v) is 6.03. The van der Waals surface area contributed by atoms with Gasteiger partial charge in [0.2, 0.25) is 6.08 Å². The second-order valence-electron chi connectivity index (χ2n) is 2.15. The molecule has 1 rings (SSSR count). The Labute approximate surface area is 65.6 Å². The number of rotatable bonds is 2.